The molecular weight excluding hydrogens is 280 g/mol. The van der Waals surface area contributed by atoms with E-state index in [0.717, 1.165) is 24.2 Å². The molecule has 6 nitrogen and oxygen atoms in total. The lowest BCUT2D eigenvalue weighted by atomic mass is 9.88. The van der Waals surface area contributed by atoms with Gasteiger partial charge in [0.1, 0.15) is 0 Å². The molecule has 1 fully saturated rings. The molecule has 2 atom stereocenters. The second kappa shape index (κ2) is 5.57. The van der Waals surface area contributed by atoms with E-state index >= 15 is 0 Å². The van der Waals surface area contributed by atoms with Gasteiger partial charge in [0.15, 0.2) is 0 Å². The van der Waals surface area contributed by atoms with Crippen molar-refractivity contribution in [3.8, 4) is 0 Å². The third kappa shape index (κ3) is 3.11. The topological polar surface area (TPSA) is 61.5 Å². The molecule has 0 aliphatic carbocycles. The summed E-state index contributed by atoms with van der Waals surface area (Å²) in [6, 6.07) is 0.115. The van der Waals surface area contributed by atoms with E-state index in [1.807, 2.05) is 29.8 Å². The van der Waals surface area contributed by atoms with Crippen LogP contribution in [-0.4, -0.2) is 57.9 Å². The first-order valence-electron chi connectivity index (χ1n) is 8.04. The smallest absolute Gasteiger partial charge is 0.320 e. The van der Waals surface area contributed by atoms with Gasteiger partial charge in [-0.1, -0.05) is 13.8 Å². The van der Waals surface area contributed by atoms with E-state index in [1.165, 1.54) is 0 Å². The van der Waals surface area contributed by atoms with Crippen molar-refractivity contribution in [1.29, 1.82) is 0 Å². The first kappa shape index (κ1) is 15.3. The van der Waals surface area contributed by atoms with Gasteiger partial charge in [-0.3, -0.25) is 5.10 Å². The summed E-state index contributed by atoms with van der Waals surface area (Å²) in [6.07, 6.45) is 2.96. The Balaban J connectivity index is 1.79. The van der Waals surface area contributed by atoms with Gasteiger partial charge in [0.05, 0.1) is 24.9 Å². The summed E-state index contributed by atoms with van der Waals surface area (Å²) >= 11 is 0. The number of rotatable bonds is 0. The van der Waals surface area contributed by atoms with Gasteiger partial charge in [0, 0.05) is 30.9 Å². The number of hydrogen-bond donors (Lipinski definition) is 1. The first-order valence-corrected chi connectivity index (χ1v) is 8.04. The molecule has 1 N–H and O–H groups in total. The molecule has 2 aliphatic heterocycles. The van der Waals surface area contributed by atoms with Crippen LogP contribution >= 0.6 is 0 Å². The molecule has 1 aromatic rings. The van der Waals surface area contributed by atoms with Crippen molar-refractivity contribution in [2.75, 3.05) is 19.6 Å². The molecule has 0 bridgehead atoms. The third-order valence-corrected chi connectivity index (χ3v) is 4.40. The lowest BCUT2D eigenvalue weighted by Crippen LogP contribution is -2.53. The quantitative estimate of drug-likeness (QED) is 0.797. The number of urea groups is 1. The number of nitrogens with one attached hydrogen (secondary N) is 1. The largest absolute Gasteiger partial charge is 0.372 e. The van der Waals surface area contributed by atoms with Gasteiger partial charge >= 0.3 is 6.03 Å². The van der Waals surface area contributed by atoms with Crippen molar-refractivity contribution in [2.24, 2.45) is 5.41 Å². The fraction of sp³-hybridized carbons (Fsp3) is 0.750. The lowest BCUT2D eigenvalue weighted by Gasteiger charge is -2.39. The molecule has 3 rings (SSSR count). The van der Waals surface area contributed by atoms with Crippen LogP contribution < -0.4 is 0 Å². The molecule has 1 aromatic heterocycles. The number of morpholine rings is 1. The van der Waals surface area contributed by atoms with Gasteiger partial charge in [-0.2, -0.15) is 5.10 Å². The van der Waals surface area contributed by atoms with Gasteiger partial charge in [0.25, 0.3) is 0 Å². The predicted molar refractivity (Wildman–Crippen MR) is 83.5 cm³/mol. The van der Waals surface area contributed by atoms with Crippen LogP contribution in [0.15, 0.2) is 6.20 Å². The monoisotopic (exact) mass is 306 g/mol. The number of carbonyl (C=O) groups excluding carboxylic acids is 1. The molecule has 0 aromatic carbocycles. The second-order valence-corrected chi connectivity index (χ2v) is 7.52. The highest BCUT2D eigenvalue weighted by molar-refractivity contribution is 5.75. The van der Waals surface area contributed by atoms with Crippen molar-refractivity contribution in [2.45, 2.75) is 52.9 Å². The van der Waals surface area contributed by atoms with E-state index in [0.29, 0.717) is 19.6 Å². The van der Waals surface area contributed by atoms with Crippen LogP contribution in [0.5, 0.6) is 0 Å². The Bertz CT molecular complexity index is 544. The van der Waals surface area contributed by atoms with Crippen LogP contribution in [0.25, 0.3) is 0 Å². The Morgan fingerprint density at radius 3 is 2.68 bits per heavy atom. The van der Waals surface area contributed by atoms with Crippen LogP contribution in [0.2, 0.25) is 0 Å². The molecule has 3 heterocycles. The van der Waals surface area contributed by atoms with E-state index in [-0.39, 0.29) is 23.7 Å². The number of amides is 2. The summed E-state index contributed by atoms with van der Waals surface area (Å²) in [4.78, 5) is 16.9. The number of H-pyrrole nitrogens is 1. The van der Waals surface area contributed by atoms with E-state index in [2.05, 4.69) is 24.0 Å². The summed E-state index contributed by atoms with van der Waals surface area (Å²) in [7, 11) is 0. The highest BCUT2D eigenvalue weighted by Gasteiger charge is 2.35. The fourth-order valence-corrected chi connectivity index (χ4v) is 3.61. The third-order valence-electron chi connectivity index (χ3n) is 4.40. The SMILES string of the molecule is C[C@@H]1CN(C(=O)N2Cc3cn[nH]c3CC(C)(C)C2)C[C@H](C)O1. The average molecular weight is 306 g/mol. The lowest BCUT2D eigenvalue weighted by molar-refractivity contribution is -0.0590. The highest BCUT2D eigenvalue weighted by atomic mass is 16.5. The number of aromatic nitrogens is 2. The molecule has 2 amide bonds. The van der Waals surface area contributed by atoms with Gasteiger partial charge in [-0.25, -0.2) is 4.79 Å². The van der Waals surface area contributed by atoms with E-state index < -0.39 is 0 Å². The van der Waals surface area contributed by atoms with Gasteiger partial charge < -0.3 is 14.5 Å². The molecule has 122 valence electrons. The maximum atomic E-state index is 13.0. The van der Waals surface area contributed by atoms with Gasteiger partial charge in [0.2, 0.25) is 0 Å². The summed E-state index contributed by atoms with van der Waals surface area (Å²) in [5.41, 5.74) is 2.33. The van der Waals surface area contributed by atoms with E-state index in [1.54, 1.807) is 0 Å². The van der Waals surface area contributed by atoms with Crippen LogP contribution in [-0.2, 0) is 17.7 Å². The molecule has 6 heteroatoms. The molecule has 1 saturated heterocycles. The van der Waals surface area contributed by atoms with E-state index in [4.69, 9.17) is 4.74 Å². The van der Waals surface area contributed by atoms with Crippen molar-refractivity contribution < 1.29 is 9.53 Å². The Hall–Kier alpha value is -1.56. The minimum atomic E-state index is 0.0387. The Morgan fingerprint density at radius 1 is 1.32 bits per heavy atom. The number of fused-ring (bicyclic) bond motifs is 1. The summed E-state index contributed by atoms with van der Waals surface area (Å²) in [5.74, 6) is 0. The Morgan fingerprint density at radius 2 is 2.00 bits per heavy atom. The average Bonchev–Trinajstić information content (AvgIpc) is 2.77. The molecule has 22 heavy (non-hydrogen) atoms. The standard InChI is InChI=1S/C16H26N4O2/c1-11-7-19(8-12(2)22-11)15(21)20-9-13-6-17-18-14(13)5-16(3,4)10-20/h6,11-12H,5,7-10H2,1-4H3,(H,17,18)/t11-,12+. The van der Waals surface area contributed by atoms with Crippen LogP contribution in [0.4, 0.5) is 4.79 Å². The molecule has 0 spiro atoms. The summed E-state index contributed by atoms with van der Waals surface area (Å²) < 4.78 is 5.74. The van der Waals surface area contributed by atoms with Crippen molar-refractivity contribution in [3.63, 3.8) is 0 Å². The zero-order valence-electron chi connectivity index (χ0n) is 13.9. The van der Waals surface area contributed by atoms with Crippen molar-refractivity contribution >= 4 is 6.03 Å². The van der Waals surface area contributed by atoms with Crippen LogP contribution in [0, 0.1) is 5.41 Å². The number of hydrogen-bond acceptors (Lipinski definition) is 3. The fourth-order valence-electron chi connectivity index (χ4n) is 3.61. The second-order valence-electron chi connectivity index (χ2n) is 7.52. The molecule has 0 unspecified atom stereocenters. The van der Waals surface area contributed by atoms with Gasteiger partial charge in [-0.05, 0) is 25.7 Å². The van der Waals surface area contributed by atoms with Crippen molar-refractivity contribution in [1.82, 2.24) is 20.0 Å². The minimum absolute atomic E-state index is 0.0387. The maximum absolute atomic E-state index is 13.0. The Kier molecular flexibility index (Phi) is 3.89. The maximum Gasteiger partial charge on any atom is 0.320 e. The molecule has 0 saturated carbocycles. The predicted octanol–water partition coefficient (Wildman–Crippen LogP) is 2.02. The van der Waals surface area contributed by atoms with Crippen molar-refractivity contribution in [3.05, 3.63) is 17.5 Å². The highest BCUT2D eigenvalue weighted by Crippen LogP contribution is 2.29. The molecular formula is C16H26N4O2. The first-order chi connectivity index (χ1) is 10.3. The molecule has 0 radical (unpaired) electrons. The normalized spacial score (nSPS) is 28.2. The van der Waals surface area contributed by atoms with Crippen LogP contribution in [0.1, 0.15) is 39.0 Å². The van der Waals surface area contributed by atoms with Crippen LogP contribution in [0.3, 0.4) is 0 Å². The number of carbonyl (C=O) groups is 1. The zero-order valence-corrected chi connectivity index (χ0v) is 13.9. The Labute approximate surface area is 131 Å². The minimum Gasteiger partial charge on any atom is -0.372 e. The number of ether oxygens (including phenoxy) is 1. The van der Waals surface area contributed by atoms with Gasteiger partial charge in [-0.15, -0.1) is 0 Å². The summed E-state index contributed by atoms with van der Waals surface area (Å²) in [5, 5.41) is 7.23. The summed E-state index contributed by atoms with van der Waals surface area (Å²) in [6.45, 7) is 11.2. The molecule has 2 aliphatic rings. The zero-order chi connectivity index (χ0) is 15.9. The van der Waals surface area contributed by atoms with E-state index in [9.17, 15) is 4.79 Å². The number of nitrogens with zero attached hydrogens (tertiary/aromatic N) is 3. The number of aromatic amines is 1.